The first kappa shape index (κ1) is 11.2. The Balaban J connectivity index is 1.69. The number of nitrogens with zero attached hydrogens (tertiary/aromatic N) is 3. The molecule has 0 aromatic carbocycles. The highest BCUT2D eigenvalue weighted by molar-refractivity contribution is 7.89. The van der Waals surface area contributed by atoms with Crippen LogP contribution >= 0.6 is 0 Å². The number of hydrogen-bond donors (Lipinski definition) is 1. The van der Waals surface area contributed by atoms with E-state index in [0.29, 0.717) is 19.1 Å². The zero-order chi connectivity index (χ0) is 11.9. The number of hydrogen-bond acceptors (Lipinski definition) is 4. The van der Waals surface area contributed by atoms with Crippen molar-refractivity contribution in [3.8, 4) is 0 Å². The van der Waals surface area contributed by atoms with Gasteiger partial charge in [-0.1, -0.05) is 0 Å². The first-order valence-electron chi connectivity index (χ1n) is 5.91. The Kier molecular flexibility index (Phi) is 2.68. The third kappa shape index (κ3) is 2.10. The lowest BCUT2D eigenvalue weighted by molar-refractivity contribution is 0.180. The summed E-state index contributed by atoms with van der Waals surface area (Å²) in [5, 5.41) is 6.42. The fourth-order valence-corrected chi connectivity index (χ4v) is 3.60. The van der Waals surface area contributed by atoms with Crippen molar-refractivity contribution in [3.05, 3.63) is 12.3 Å². The summed E-state index contributed by atoms with van der Waals surface area (Å²) in [6.45, 7) is 2.85. The fraction of sp³-hybridized carbons (Fsp3) is 0.700. The molecule has 1 aromatic heterocycles. The molecule has 3 rings (SSSR count). The van der Waals surface area contributed by atoms with Gasteiger partial charge < -0.3 is 0 Å². The molecule has 0 spiro atoms. The summed E-state index contributed by atoms with van der Waals surface area (Å²) in [6, 6.07) is 2.22. The lowest BCUT2D eigenvalue weighted by Gasteiger charge is -2.33. The number of aromatic nitrogens is 2. The van der Waals surface area contributed by atoms with Gasteiger partial charge in [-0.15, -0.1) is 0 Å². The summed E-state index contributed by atoms with van der Waals surface area (Å²) in [5.41, 5.74) is 0. The van der Waals surface area contributed by atoms with Crippen LogP contribution in [0.15, 0.2) is 17.3 Å². The predicted molar refractivity (Wildman–Crippen MR) is 61.9 cm³/mol. The van der Waals surface area contributed by atoms with Crippen LogP contribution < -0.4 is 0 Å². The second kappa shape index (κ2) is 4.08. The van der Waals surface area contributed by atoms with Gasteiger partial charge in [-0.3, -0.25) is 10.00 Å². The molecule has 94 valence electrons. The molecule has 1 saturated heterocycles. The van der Waals surface area contributed by atoms with Crippen molar-refractivity contribution in [1.82, 2.24) is 19.4 Å². The largest absolute Gasteiger partial charge is 0.298 e. The molecular weight excluding hydrogens is 240 g/mol. The average Bonchev–Trinajstić information content (AvgIpc) is 3.03. The number of H-pyrrole nitrogens is 1. The number of nitrogens with one attached hydrogen (secondary N) is 1. The monoisotopic (exact) mass is 256 g/mol. The van der Waals surface area contributed by atoms with Crippen molar-refractivity contribution < 1.29 is 8.42 Å². The first-order valence-corrected chi connectivity index (χ1v) is 7.35. The fourth-order valence-electron chi connectivity index (χ4n) is 2.27. The maximum atomic E-state index is 12.2. The van der Waals surface area contributed by atoms with E-state index < -0.39 is 10.0 Å². The second-order valence-electron chi connectivity index (χ2n) is 4.59. The summed E-state index contributed by atoms with van der Waals surface area (Å²) in [4.78, 5) is 2.39. The van der Waals surface area contributed by atoms with Crippen molar-refractivity contribution in [2.75, 3.05) is 26.2 Å². The molecule has 2 fully saturated rings. The van der Waals surface area contributed by atoms with E-state index >= 15 is 0 Å². The van der Waals surface area contributed by atoms with Gasteiger partial charge in [0.1, 0.15) is 0 Å². The third-order valence-corrected chi connectivity index (χ3v) is 5.26. The van der Waals surface area contributed by atoms with Crippen LogP contribution in [0.3, 0.4) is 0 Å². The Morgan fingerprint density at radius 3 is 2.47 bits per heavy atom. The molecule has 1 aromatic rings. The number of sulfonamides is 1. The van der Waals surface area contributed by atoms with Crippen LogP contribution in [0.25, 0.3) is 0 Å². The molecule has 0 amide bonds. The van der Waals surface area contributed by atoms with Gasteiger partial charge in [0.15, 0.2) is 5.03 Å². The molecule has 7 heteroatoms. The lowest BCUT2D eigenvalue weighted by Crippen LogP contribution is -2.49. The number of rotatable bonds is 3. The van der Waals surface area contributed by atoms with E-state index in [1.165, 1.54) is 25.1 Å². The zero-order valence-electron chi connectivity index (χ0n) is 9.54. The smallest absolute Gasteiger partial charge is 0.260 e. The van der Waals surface area contributed by atoms with E-state index in [2.05, 4.69) is 15.1 Å². The minimum atomic E-state index is -3.36. The van der Waals surface area contributed by atoms with E-state index in [0.717, 1.165) is 13.1 Å². The molecule has 1 N–H and O–H groups in total. The van der Waals surface area contributed by atoms with E-state index in [1.807, 2.05) is 0 Å². The van der Waals surface area contributed by atoms with Crippen LogP contribution in [-0.2, 0) is 10.0 Å². The maximum absolute atomic E-state index is 12.2. The zero-order valence-corrected chi connectivity index (χ0v) is 10.4. The lowest BCUT2D eigenvalue weighted by atomic mass is 10.3. The summed E-state index contributed by atoms with van der Waals surface area (Å²) >= 11 is 0. The van der Waals surface area contributed by atoms with E-state index in [1.54, 1.807) is 4.31 Å². The Morgan fingerprint density at radius 2 is 1.94 bits per heavy atom. The van der Waals surface area contributed by atoms with Gasteiger partial charge in [0.2, 0.25) is 0 Å². The van der Waals surface area contributed by atoms with Gasteiger partial charge in [0.25, 0.3) is 10.0 Å². The Morgan fingerprint density at radius 1 is 1.24 bits per heavy atom. The quantitative estimate of drug-likeness (QED) is 0.818. The molecule has 1 aliphatic heterocycles. The Hall–Kier alpha value is -0.920. The molecule has 2 heterocycles. The molecule has 17 heavy (non-hydrogen) atoms. The minimum absolute atomic E-state index is 0.192. The van der Waals surface area contributed by atoms with Gasteiger partial charge in [-0.2, -0.15) is 9.40 Å². The molecule has 1 saturated carbocycles. The third-order valence-electron chi connectivity index (χ3n) is 3.43. The van der Waals surface area contributed by atoms with Crippen LogP contribution in [0.2, 0.25) is 0 Å². The summed E-state index contributed by atoms with van der Waals surface area (Å²) < 4.78 is 25.9. The first-order chi connectivity index (χ1) is 8.18. The van der Waals surface area contributed by atoms with Crippen LogP contribution in [0.4, 0.5) is 0 Å². The normalized spacial score (nSPS) is 24.0. The average molecular weight is 256 g/mol. The van der Waals surface area contributed by atoms with E-state index in [9.17, 15) is 8.42 Å². The Bertz CT molecular complexity index is 472. The molecular formula is C10H16N4O2S. The van der Waals surface area contributed by atoms with Gasteiger partial charge in [0, 0.05) is 32.2 Å². The van der Waals surface area contributed by atoms with Gasteiger partial charge in [-0.05, 0) is 18.9 Å². The number of aromatic amines is 1. The van der Waals surface area contributed by atoms with Crippen LogP contribution in [-0.4, -0.2) is 60.0 Å². The topological polar surface area (TPSA) is 69.3 Å². The predicted octanol–water partition coefficient (Wildman–Crippen LogP) is -0.122. The molecule has 0 radical (unpaired) electrons. The van der Waals surface area contributed by atoms with Crippen molar-refractivity contribution in [2.24, 2.45) is 0 Å². The molecule has 6 nitrogen and oxygen atoms in total. The van der Waals surface area contributed by atoms with Crippen molar-refractivity contribution in [3.63, 3.8) is 0 Å². The summed E-state index contributed by atoms with van der Waals surface area (Å²) in [5.74, 6) is 0. The van der Waals surface area contributed by atoms with Crippen molar-refractivity contribution >= 4 is 10.0 Å². The summed E-state index contributed by atoms with van der Waals surface area (Å²) in [7, 11) is -3.36. The van der Waals surface area contributed by atoms with Gasteiger partial charge in [0.05, 0.1) is 6.20 Å². The van der Waals surface area contributed by atoms with Crippen LogP contribution in [0.1, 0.15) is 12.8 Å². The molecule has 2 aliphatic rings. The van der Waals surface area contributed by atoms with Crippen molar-refractivity contribution in [2.45, 2.75) is 23.9 Å². The standard InChI is InChI=1S/C10H16N4O2S/c15-17(16,10-3-4-11-12-10)14-7-5-13(6-8-14)9-1-2-9/h3-4,9H,1-2,5-8H2,(H,11,12). The minimum Gasteiger partial charge on any atom is -0.298 e. The van der Waals surface area contributed by atoms with E-state index in [4.69, 9.17) is 0 Å². The number of piperazine rings is 1. The van der Waals surface area contributed by atoms with Crippen molar-refractivity contribution in [1.29, 1.82) is 0 Å². The Labute approximate surface area is 101 Å². The highest BCUT2D eigenvalue weighted by Crippen LogP contribution is 2.28. The molecule has 0 unspecified atom stereocenters. The van der Waals surface area contributed by atoms with Gasteiger partial charge >= 0.3 is 0 Å². The highest BCUT2D eigenvalue weighted by atomic mass is 32.2. The second-order valence-corrected chi connectivity index (χ2v) is 6.50. The summed E-state index contributed by atoms with van der Waals surface area (Å²) in [6.07, 6.45) is 4.01. The van der Waals surface area contributed by atoms with Gasteiger partial charge in [-0.25, -0.2) is 8.42 Å². The van der Waals surface area contributed by atoms with Crippen LogP contribution in [0, 0.1) is 0 Å². The highest BCUT2D eigenvalue weighted by Gasteiger charge is 2.35. The molecule has 0 atom stereocenters. The van der Waals surface area contributed by atoms with E-state index in [-0.39, 0.29) is 5.03 Å². The van der Waals surface area contributed by atoms with Crippen LogP contribution in [0.5, 0.6) is 0 Å². The molecule has 0 bridgehead atoms. The maximum Gasteiger partial charge on any atom is 0.260 e. The molecule has 1 aliphatic carbocycles. The SMILES string of the molecule is O=S(=O)(c1ccn[nH]1)N1CCN(C2CC2)CC1.